The van der Waals surface area contributed by atoms with Gasteiger partial charge in [-0.1, -0.05) is 11.3 Å². The Bertz CT molecular complexity index is 580. The van der Waals surface area contributed by atoms with Crippen LogP contribution in [-0.2, 0) is 10.0 Å². The minimum absolute atomic E-state index is 0.0829. The zero-order chi connectivity index (χ0) is 11.6. The van der Waals surface area contributed by atoms with Gasteiger partial charge in [0, 0.05) is 6.20 Å². The number of aromatic nitrogens is 4. The van der Waals surface area contributed by atoms with Crippen LogP contribution >= 0.6 is 11.3 Å². The molecular formula is C6H6N6O2S2. The molecule has 0 aliphatic carbocycles. The highest BCUT2D eigenvalue weighted by Gasteiger charge is 2.20. The molecule has 2 aromatic rings. The van der Waals surface area contributed by atoms with Crippen molar-refractivity contribution in [2.24, 2.45) is 0 Å². The van der Waals surface area contributed by atoms with Crippen LogP contribution in [0.4, 0.5) is 10.9 Å². The minimum atomic E-state index is -3.78. The second-order valence-corrected chi connectivity index (χ2v) is 5.49. The van der Waals surface area contributed by atoms with Crippen molar-refractivity contribution in [1.82, 2.24) is 20.4 Å². The Morgan fingerprint density at radius 3 is 2.69 bits per heavy atom. The molecule has 0 atom stereocenters. The molecule has 3 N–H and O–H groups in total. The van der Waals surface area contributed by atoms with E-state index >= 15 is 0 Å². The van der Waals surface area contributed by atoms with E-state index in [-0.39, 0.29) is 15.3 Å². The molecule has 2 heterocycles. The predicted octanol–water partition coefficient (Wildman–Crippen LogP) is -0.289. The average molecular weight is 258 g/mol. The number of hydrogen-bond acceptors (Lipinski definition) is 8. The molecule has 0 aliphatic rings. The van der Waals surface area contributed by atoms with Crippen LogP contribution in [0.15, 0.2) is 22.7 Å². The van der Waals surface area contributed by atoms with Gasteiger partial charge in [-0.3, -0.25) is 4.72 Å². The average Bonchev–Trinajstić information content (AvgIpc) is 2.66. The summed E-state index contributed by atoms with van der Waals surface area (Å²) in [4.78, 5) is 0. The Kier molecular flexibility index (Phi) is 2.66. The Balaban J connectivity index is 2.28. The fourth-order valence-corrected chi connectivity index (χ4v) is 2.65. The van der Waals surface area contributed by atoms with E-state index < -0.39 is 10.0 Å². The van der Waals surface area contributed by atoms with Crippen LogP contribution in [0.25, 0.3) is 0 Å². The van der Waals surface area contributed by atoms with Crippen molar-refractivity contribution >= 4 is 32.3 Å². The molecule has 2 rings (SSSR count). The van der Waals surface area contributed by atoms with Gasteiger partial charge < -0.3 is 5.73 Å². The molecule has 0 amide bonds. The number of anilines is 2. The number of sulfonamides is 1. The SMILES string of the molecule is Nc1nnc(S(=O)(=O)Nc2cccnn2)s1. The maximum absolute atomic E-state index is 11.7. The number of nitrogens with zero attached hydrogens (tertiary/aromatic N) is 4. The third-order valence-electron chi connectivity index (χ3n) is 1.46. The van der Waals surface area contributed by atoms with Gasteiger partial charge in [0.05, 0.1) is 0 Å². The topological polar surface area (TPSA) is 124 Å². The van der Waals surface area contributed by atoms with Crippen LogP contribution in [-0.4, -0.2) is 28.8 Å². The Morgan fingerprint density at radius 2 is 2.12 bits per heavy atom. The minimum Gasteiger partial charge on any atom is -0.374 e. The van der Waals surface area contributed by atoms with Crippen molar-refractivity contribution < 1.29 is 8.42 Å². The number of nitrogens with two attached hydrogens (primary N) is 1. The van der Waals surface area contributed by atoms with Crippen LogP contribution in [0.3, 0.4) is 0 Å². The summed E-state index contributed by atoms with van der Waals surface area (Å²) in [5.41, 5.74) is 5.29. The molecule has 84 valence electrons. The zero-order valence-corrected chi connectivity index (χ0v) is 9.36. The second-order valence-electron chi connectivity index (χ2n) is 2.62. The van der Waals surface area contributed by atoms with E-state index in [9.17, 15) is 8.42 Å². The molecule has 0 aromatic carbocycles. The van der Waals surface area contributed by atoms with Gasteiger partial charge in [0.15, 0.2) is 5.82 Å². The van der Waals surface area contributed by atoms with E-state index in [0.29, 0.717) is 0 Å². The van der Waals surface area contributed by atoms with Crippen molar-refractivity contribution in [3.63, 3.8) is 0 Å². The van der Waals surface area contributed by atoms with Gasteiger partial charge in [0.25, 0.3) is 14.4 Å². The van der Waals surface area contributed by atoms with Crippen molar-refractivity contribution in [2.45, 2.75) is 4.34 Å². The summed E-state index contributed by atoms with van der Waals surface area (Å²) in [6, 6.07) is 3.02. The predicted molar refractivity (Wildman–Crippen MR) is 57.2 cm³/mol. The zero-order valence-electron chi connectivity index (χ0n) is 7.73. The first-order chi connectivity index (χ1) is 7.58. The summed E-state index contributed by atoms with van der Waals surface area (Å²) >= 11 is 0.771. The molecule has 8 nitrogen and oxygen atoms in total. The van der Waals surface area contributed by atoms with Gasteiger partial charge in [0.1, 0.15) is 0 Å². The van der Waals surface area contributed by atoms with Crippen LogP contribution < -0.4 is 10.5 Å². The fraction of sp³-hybridized carbons (Fsp3) is 0. The highest BCUT2D eigenvalue weighted by molar-refractivity contribution is 7.94. The number of hydrogen-bond donors (Lipinski definition) is 2. The van der Waals surface area contributed by atoms with E-state index in [0.717, 1.165) is 11.3 Å². The third kappa shape index (κ3) is 2.23. The molecule has 0 spiro atoms. The van der Waals surface area contributed by atoms with Gasteiger partial charge in [-0.05, 0) is 12.1 Å². The first-order valence-corrected chi connectivity index (χ1v) is 6.27. The number of nitrogen functional groups attached to an aromatic ring is 1. The van der Waals surface area contributed by atoms with E-state index in [4.69, 9.17) is 5.73 Å². The molecule has 2 aromatic heterocycles. The first kappa shape index (κ1) is 10.7. The third-order valence-corrected chi connectivity index (χ3v) is 3.94. The van der Waals surface area contributed by atoms with Gasteiger partial charge in [-0.15, -0.1) is 15.3 Å². The van der Waals surface area contributed by atoms with Gasteiger partial charge >= 0.3 is 0 Å². The number of nitrogens with one attached hydrogen (secondary N) is 1. The van der Waals surface area contributed by atoms with E-state index in [1.807, 2.05) is 0 Å². The lowest BCUT2D eigenvalue weighted by molar-refractivity contribution is 0.599. The Labute approximate surface area is 94.6 Å². The van der Waals surface area contributed by atoms with E-state index in [2.05, 4.69) is 25.1 Å². The maximum Gasteiger partial charge on any atom is 0.292 e. The second kappa shape index (κ2) is 3.98. The fourth-order valence-electron chi connectivity index (χ4n) is 0.866. The van der Waals surface area contributed by atoms with Crippen molar-refractivity contribution in [3.05, 3.63) is 18.3 Å². The molecule has 0 unspecified atom stereocenters. The van der Waals surface area contributed by atoms with E-state index in [1.165, 1.54) is 12.3 Å². The highest BCUT2D eigenvalue weighted by atomic mass is 32.2. The van der Waals surface area contributed by atoms with Crippen LogP contribution in [0.2, 0.25) is 0 Å². The van der Waals surface area contributed by atoms with Gasteiger partial charge in [-0.2, -0.15) is 13.5 Å². The molecule has 16 heavy (non-hydrogen) atoms. The molecule has 10 heteroatoms. The monoisotopic (exact) mass is 258 g/mol. The summed E-state index contributed by atoms with van der Waals surface area (Å²) in [5, 5.41) is 14.0. The molecule has 0 saturated heterocycles. The molecule has 0 radical (unpaired) electrons. The number of rotatable bonds is 3. The summed E-state index contributed by atoms with van der Waals surface area (Å²) in [7, 11) is -3.78. The molecule has 0 aliphatic heterocycles. The largest absolute Gasteiger partial charge is 0.374 e. The Morgan fingerprint density at radius 1 is 1.31 bits per heavy atom. The van der Waals surface area contributed by atoms with Crippen LogP contribution in [0.5, 0.6) is 0 Å². The quantitative estimate of drug-likeness (QED) is 0.775. The lowest BCUT2D eigenvalue weighted by atomic mass is 10.6. The molecular weight excluding hydrogens is 252 g/mol. The normalized spacial score (nSPS) is 11.2. The van der Waals surface area contributed by atoms with Crippen molar-refractivity contribution in [3.8, 4) is 0 Å². The lowest BCUT2D eigenvalue weighted by Crippen LogP contribution is -2.13. The van der Waals surface area contributed by atoms with Crippen molar-refractivity contribution in [1.29, 1.82) is 0 Å². The van der Waals surface area contributed by atoms with Gasteiger partial charge in [-0.25, -0.2) is 0 Å². The standard InChI is InChI=1S/C6H6N6O2S2/c7-5-10-11-6(15-5)16(13,14)12-4-2-1-3-8-9-4/h1-3H,(H2,7,10)(H,9,12). The first-order valence-electron chi connectivity index (χ1n) is 3.97. The summed E-state index contributed by atoms with van der Waals surface area (Å²) in [6.07, 6.45) is 1.43. The summed E-state index contributed by atoms with van der Waals surface area (Å²) in [5.74, 6) is 0.108. The molecule has 0 bridgehead atoms. The van der Waals surface area contributed by atoms with Crippen LogP contribution in [0, 0.1) is 0 Å². The summed E-state index contributed by atoms with van der Waals surface area (Å²) < 4.78 is 25.4. The molecule has 0 saturated carbocycles. The summed E-state index contributed by atoms with van der Waals surface area (Å²) in [6.45, 7) is 0. The molecule has 0 fully saturated rings. The highest BCUT2D eigenvalue weighted by Crippen LogP contribution is 2.18. The van der Waals surface area contributed by atoms with E-state index in [1.54, 1.807) is 6.07 Å². The van der Waals surface area contributed by atoms with Crippen LogP contribution in [0.1, 0.15) is 0 Å². The lowest BCUT2D eigenvalue weighted by Gasteiger charge is -2.01. The Hall–Kier alpha value is -1.81. The van der Waals surface area contributed by atoms with Crippen molar-refractivity contribution in [2.75, 3.05) is 10.5 Å². The van der Waals surface area contributed by atoms with Gasteiger partial charge in [0.2, 0.25) is 5.13 Å². The smallest absolute Gasteiger partial charge is 0.292 e. The maximum atomic E-state index is 11.7.